The van der Waals surface area contributed by atoms with Crippen molar-refractivity contribution in [2.75, 3.05) is 5.32 Å². The molecule has 0 saturated heterocycles. The van der Waals surface area contributed by atoms with Crippen LogP contribution in [0.2, 0.25) is 5.15 Å². The summed E-state index contributed by atoms with van der Waals surface area (Å²) in [5, 5.41) is 22.4. The van der Waals surface area contributed by atoms with Gasteiger partial charge in [-0.25, -0.2) is 4.98 Å². The van der Waals surface area contributed by atoms with E-state index in [2.05, 4.69) is 20.5 Å². The van der Waals surface area contributed by atoms with Gasteiger partial charge in [-0.2, -0.15) is 10.2 Å². The van der Waals surface area contributed by atoms with Gasteiger partial charge in [-0.3, -0.25) is 0 Å². The molecule has 0 unspecified atom stereocenters. The molecule has 3 rings (SSSR count). The van der Waals surface area contributed by atoms with Gasteiger partial charge in [0.1, 0.15) is 5.15 Å². The molecule has 0 radical (unpaired) electrons. The summed E-state index contributed by atoms with van der Waals surface area (Å²) in [4.78, 5) is 4.17. The van der Waals surface area contributed by atoms with E-state index < -0.39 is 5.60 Å². The number of aryl methyl sites for hydroxylation is 1. The third-order valence-corrected chi connectivity index (χ3v) is 4.57. The fourth-order valence-electron chi connectivity index (χ4n) is 2.90. The van der Waals surface area contributed by atoms with Gasteiger partial charge in [0, 0.05) is 23.5 Å². The van der Waals surface area contributed by atoms with Crippen LogP contribution in [0.25, 0.3) is 11.3 Å². The lowest BCUT2D eigenvalue weighted by Gasteiger charge is -2.34. The van der Waals surface area contributed by atoms with E-state index in [1.165, 1.54) is 0 Å². The number of aromatic nitrogens is 3. The summed E-state index contributed by atoms with van der Waals surface area (Å²) in [6.45, 7) is 3.81. The van der Waals surface area contributed by atoms with E-state index in [1.807, 2.05) is 32.0 Å². The van der Waals surface area contributed by atoms with Crippen molar-refractivity contribution in [2.24, 2.45) is 0 Å². The number of hydrogen-bond acceptors (Lipinski definition) is 5. The van der Waals surface area contributed by atoms with Gasteiger partial charge in [-0.05, 0) is 57.7 Å². The summed E-state index contributed by atoms with van der Waals surface area (Å²) in [5.41, 5.74) is 2.90. The lowest BCUT2D eigenvalue weighted by atomic mass is 9.83. The number of pyridine rings is 1. The smallest absolute Gasteiger partial charge is 0.131 e. The van der Waals surface area contributed by atoms with Crippen molar-refractivity contribution in [3.05, 3.63) is 35.2 Å². The molecule has 122 valence electrons. The van der Waals surface area contributed by atoms with Crippen molar-refractivity contribution in [2.45, 2.75) is 51.2 Å². The first kappa shape index (κ1) is 16.1. The second-order valence-electron chi connectivity index (χ2n) is 6.53. The number of nitrogens with zero attached hydrogens (tertiary/aromatic N) is 3. The van der Waals surface area contributed by atoms with Crippen molar-refractivity contribution in [3.8, 4) is 11.3 Å². The van der Waals surface area contributed by atoms with Crippen molar-refractivity contribution in [1.29, 1.82) is 0 Å². The second-order valence-corrected chi connectivity index (χ2v) is 6.92. The largest absolute Gasteiger partial charge is 0.390 e. The molecule has 0 bridgehead atoms. The summed E-state index contributed by atoms with van der Waals surface area (Å²) < 4.78 is 0. The molecule has 2 aromatic heterocycles. The Balaban J connectivity index is 1.84. The van der Waals surface area contributed by atoms with E-state index in [1.54, 1.807) is 6.20 Å². The number of hydrogen-bond donors (Lipinski definition) is 2. The Morgan fingerprint density at radius 1 is 1.26 bits per heavy atom. The van der Waals surface area contributed by atoms with E-state index in [0.29, 0.717) is 11.2 Å². The molecule has 1 aliphatic rings. The van der Waals surface area contributed by atoms with Crippen LogP contribution in [0, 0.1) is 6.92 Å². The maximum absolute atomic E-state index is 10.1. The van der Waals surface area contributed by atoms with Crippen molar-refractivity contribution >= 4 is 17.3 Å². The molecule has 1 aliphatic carbocycles. The predicted octanol–water partition coefficient (Wildman–Crippen LogP) is 3.61. The maximum atomic E-state index is 10.1. The van der Waals surface area contributed by atoms with E-state index in [4.69, 9.17) is 11.6 Å². The molecule has 23 heavy (non-hydrogen) atoms. The highest BCUT2D eigenvalue weighted by Gasteiger charge is 2.29. The zero-order valence-electron chi connectivity index (χ0n) is 13.4. The predicted molar refractivity (Wildman–Crippen MR) is 91.5 cm³/mol. The second kappa shape index (κ2) is 6.42. The fraction of sp³-hybridized carbons (Fsp3) is 0.471. The van der Waals surface area contributed by atoms with Crippen LogP contribution in [-0.4, -0.2) is 31.9 Å². The minimum Gasteiger partial charge on any atom is -0.390 e. The van der Waals surface area contributed by atoms with Gasteiger partial charge in [-0.15, -0.1) is 0 Å². The van der Waals surface area contributed by atoms with E-state index in [-0.39, 0.29) is 0 Å². The van der Waals surface area contributed by atoms with Crippen LogP contribution in [0.1, 0.15) is 38.3 Å². The molecule has 1 fully saturated rings. The summed E-state index contributed by atoms with van der Waals surface area (Å²) in [6, 6.07) is 6.00. The zero-order valence-corrected chi connectivity index (χ0v) is 14.1. The maximum Gasteiger partial charge on any atom is 0.131 e. The first-order chi connectivity index (χ1) is 10.9. The third kappa shape index (κ3) is 3.98. The van der Waals surface area contributed by atoms with Gasteiger partial charge in [0.25, 0.3) is 0 Å². The number of anilines is 1. The molecular formula is C17H21ClN4O. The van der Waals surface area contributed by atoms with Gasteiger partial charge in [0.2, 0.25) is 0 Å². The lowest BCUT2D eigenvalue weighted by Crippen LogP contribution is -2.35. The van der Waals surface area contributed by atoms with E-state index in [9.17, 15) is 5.11 Å². The minimum absolute atomic E-state index is 0.311. The van der Waals surface area contributed by atoms with Crippen LogP contribution in [0.15, 0.2) is 24.4 Å². The van der Waals surface area contributed by atoms with Crippen LogP contribution in [-0.2, 0) is 0 Å². The zero-order chi connectivity index (χ0) is 16.4. The minimum atomic E-state index is -0.542. The van der Waals surface area contributed by atoms with Crippen LogP contribution in [0.4, 0.5) is 5.69 Å². The molecular weight excluding hydrogens is 312 g/mol. The van der Waals surface area contributed by atoms with E-state index in [0.717, 1.165) is 48.3 Å². The number of rotatable bonds is 3. The Labute approximate surface area is 141 Å². The van der Waals surface area contributed by atoms with Crippen LogP contribution < -0.4 is 5.32 Å². The Kier molecular flexibility index (Phi) is 4.50. The number of halogens is 1. The van der Waals surface area contributed by atoms with Crippen LogP contribution in [0.5, 0.6) is 0 Å². The molecule has 0 amide bonds. The molecule has 2 N–H and O–H groups in total. The Morgan fingerprint density at radius 3 is 2.65 bits per heavy atom. The fourth-order valence-corrected chi connectivity index (χ4v) is 3.06. The van der Waals surface area contributed by atoms with Crippen LogP contribution >= 0.6 is 11.6 Å². The molecule has 2 aromatic rings. The molecule has 0 aliphatic heterocycles. The molecule has 5 nitrogen and oxygen atoms in total. The summed E-state index contributed by atoms with van der Waals surface area (Å²) in [5.74, 6) is 0. The lowest BCUT2D eigenvalue weighted by molar-refractivity contribution is 0.0196. The standard InChI is InChI=1S/C17H21ClN4O/c1-11-3-4-14(22-21-11)13-10-19-16(18)9-15(13)20-12-5-7-17(2,23)8-6-12/h3-4,9-10,12,23H,5-8H2,1-2H3,(H,19,20). The highest BCUT2D eigenvalue weighted by atomic mass is 35.5. The quantitative estimate of drug-likeness (QED) is 0.840. The number of nitrogens with one attached hydrogen (secondary N) is 1. The Bertz CT molecular complexity index is 677. The molecule has 6 heteroatoms. The molecule has 2 heterocycles. The van der Waals surface area contributed by atoms with E-state index >= 15 is 0 Å². The van der Waals surface area contributed by atoms with Crippen LogP contribution in [0.3, 0.4) is 0 Å². The first-order valence-corrected chi connectivity index (χ1v) is 8.26. The SMILES string of the molecule is Cc1ccc(-c2cnc(Cl)cc2NC2CCC(C)(O)CC2)nn1. The average Bonchev–Trinajstić information content (AvgIpc) is 2.51. The third-order valence-electron chi connectivity index (χ3n) is 4.37. The average molecular weight is 333 g/mol. The normalized spacial score (nSPS) is 24.4. The van der Waals surface area contributed by atoms with Crippen molar-refractivity contribution in [1.82, 2.24) is 15.2 Å². The summed E-state index contributed by atoms with van der Waals surface area (Å²) in [6.07, 6.45) is 5.16. The highest BCUT2D eigenvalue weighted by molar-refractivity contribution is 6.29. The van der Waals surface area contributed by atoms with Crippen molar-refractivity contribution < 1.29 is 5.11 Å². The first-order valence-electron chi connectivity index (χ1n) is 7.88. The van der Waals surface area contributed by atoms with Gasteiger partial charge in [0.15, 0.2) is 0 Å². The number of aliphatic hydroxyl groups is 1. The summed E-state index contributed by atoms with van der Waals surface area (Å²) in [7, 11) is 0. The molecule has 0 aromatic carbocycles. The van der Waals surface area contributed by atoms with Gasteiger partial charge < -0.3 is 10.4 Å². The summed E-state index contributed by atoms with van der Waals surface area (Å²) >= 11 is 6.07. The monoisotopic (exact) mass is 332 g/mol. The molecule has 1 saturated carbocycles. The molecule has 0 spiro atoms. The highest BCUT2D eigenvalue weighted by Crippen LogP contribution is 2.33. The topological polar surface area (TPSA) is 70.9 Å². The van der Waals surface area contributed by atoms with Gasteiger partial charge >= 0.3 is 0 Å². The molecule has 0 atom stereocenters. The Morgan fingerprint density at radius 2 is 2.00 bits per heavy atom. The Hall–Kier alpha value is -1.72. The van der Waals surface area contributed by atoms with Gasteiger partial charge in [0.05, 0.1) is 17.0 Å². The van der Waals surface area contributed by atoms with Crippen molar-refractivity contribution in [3.63, 3.8) is 0 Å². The van der Waals surface area contributed by atoms with Gasteiger partial charge in [-0.1, -0.05) is 11.6 Å².